The van der Waals surface area contributed by atoms with Gasteiger partial charge in [-0.3, -0.25) is 0 Å². The molecule has 23 heavy (non-hydrogen) atoms. The van der Waals surface area contributed by atoms with Gasteiger partial charge in [0, 0.05) is 19.1 Å². The normalized spacial score (nSPS) is 23.8. The first kappa shape index (κ1) is 18.6. The molecule has 1 heterocycles. The molecule has 2 rings (SSSR count). The van der Waals surface area contributed by atoms with E-state index in [1.165, 1.54) is 44.9 Å². The fourth-order valence-electron chi connectivity index (χ4n) is 3.82. The highest BCUT2D eigenvalue weighted by Crippen LogP contribution is 2.26. The molecule has 1 aliphatic carbocycles. The first-order chi connectivity index (χ1) is 11.0. The number of nitrogens with zero attached hydrogens (tertiary/aromatic N) is 1. The summed E-state index contributed by atoms with van der Waals surface area (Å²) in [7, 11) is 0. The van der Waals surface area contributed by atoms with Gasteiger partial charge in [-0.2, -0.15) is 0 Å². The second kappa shape index (κ2) is 8.91. The van der Waals surface area contributed by atoms with Crippen LogP contribution in [0.5, 0.6) is 0 Å². The number of carbonyl (C=O) groups excluding carboxylic acids is 1. The van der Waals surface area contributed by atoms with E-state index in [0.29, 0.717) is 6.04 Å². The zero-order valence-electron chi connectivity index (χ0n) is 15.4. The molecule has 0 aromatic carbocycles. The Bertz CT molecular complexity index is 359. The molecule has 0 aromatic heterocycles. The van der Waals surface area contributed by atoms with E-state index in [1.54, 1.807) is 0 Å². The van der Waals surface area contributed by atoms with E-state index in [9.17, 15) is 4.79 Å². The molecule has 1 saturated heterocycles. The third-order valence-electron chi connectivity index (χ3n) is 5.09. The fraction of sp³-hybridized carbons (Fsp3) is 0.947. The lowest BCUT2D eigenvalue weighted by Crippen LogP contribution is -2.50. The number of ether oxygens (including phenoxy) is 1. The highest BCUT2D eigenvalue weighted by molar-refractivity contribution is 5.68. The van der Waals surface area contributed by atoms with Crippen LogP contribution in [-0.4, -0.2) is 42.3 Å². The molecule has 1 atom stereocenters. The molecule has 2 fully saturated rings. The van der Waals surface area contributed by atoms with Crippen LogP contribution < -0.4 is 5.32 Å². The molecule has 1 unspecified atom stereocenters. The molecular weight excluding hydrogens is 288 g/mol. The van der Waals surface area contributed by atoms with Crippen LogP contribution in [0.3, 0.4) is 0 Å². The number of piperidine rings is 1. The summed E-state index contributed by atoms with van der Waals surface area (Å²) in [5.74, 6) is 0.921. The second-order valence-corrected chi connectivity index (χ2v) is 8.32. The molecule has 1 aliphatic heterocycles. The van der Waals surface area contributed by atoms with Crippen molar-refractivity contribution in [2.24, 2.45) is 5.92 Å². The van der Waals surface area contributed by atoms with Crippen molar-refractivity contribution >= 4 is 6.09 Å². The predicted octanol–water partition coefficient (Wildman–Crippen LogP) is 4.34. The Morgan fingerprint density at radius 1 is 1.09 bits per heavy atom. The van der Waals surface area contributed by atoms with Gasteiger partial charge in [0.05, 0.1) is 0 Å². The summed E-state index contributed by atoms with van der Waals surface area (Å²) >= 11 is 0. The Kier molecular flexibility index (Phi) is 7.19. The van der Waals surface area contributed by atoms with Crippen molar-refractivity contribution in [3.63, 3.8) is 0 Å². The number of rotatable bonds is 5. The van der Waals surface area contributed by atoms with Gasteiger partial charge >= 0.3 is 6.09 Å². The van der Waals surface area contributed by atoms with Crippen LogP contribution in [0, 0.1) is 5.92 Å². The highest BCUT2D eigenvalue weighted by atomic mass is 16.6. The topological polar surface area (TPSA) is 41.6 Å². The van der Waals surface area contributed by atoms with Crippen molar-refractivity contribution < 1.29 is 9.53 Å². The van der Waals surface area contributed by atoms with Crippen LogP contribution in [0.25, 0.3) is 0 Å². The third kappa shape index (κ3) is 6.70. The molecule has 1 saturated carbocycles. The van der Waals surface area contributed by atoms with E-state index in [0.717, 1.165) is 38.4 Å². The first-order valence-electron chi connectivity index (χ1n) is 9.66. The lowest BCUT2D eigenvalue weighted by molar-refractivity contribution is 0.00994. The molecule has 0 aromatic rings. The minimum absolute atomic E-state index is 0.142. The average molecular weight is 325 g/mol. The van der Waals surface area contributed by atoms with E-state index in [4.69, 9.17) is 4.74 Å². The van der Waals surface area contributed by atoms with Crippen molar-refractivity contribution in [3.05, 3.63) is 0 Å². The molecule has 1 N–H and O–H groups in total. The van der Waals surface area contributed by atoms with Crippen LogP contribution in [0.1, 0.15) is 78.6 Å². The van der Waals surface area contributed by atoms with Crippen LogP contribution in [0.2, 0.25) is 0 Å². The molecule has 0 radical (unpaired) electrons. The van der Waals surface area contributed by atoms with E-state index in [1.807, 2.05) is 25.7 Å². The number of amides is 1. The van der Waals surface area contributed by atoms with Crippen molar-refractivity contribution in [2.75, 3.05) is 19.6 Å². The maximum Gasteiger partial charge on any atom is 0.410 e. The first-order valence-corrected chi connectivity index (χ1v) is 9.66. The fourth-order valence-corrected chi connectivity index (χ4v) is 3.82. The second-order valence-electron chi connectivity index (χ2n) is 8.32. The van der Waals surface area contributed by atoms with Crippen molar-refractivity contribution in [2.45, 2.75) is 90.2 Å². The van der Waals surface area contributed by atoms with Crippen LogP contribution >= 0.6 is 0 Å². The molecule has 2 aliphatic rings. The standard InChI is InChI=1S/C19H36N2O2/c1-19(2,3)23-18(22)21-14-8-7-11-17(21)15-20-13-12-16-9-5-4-6-10-16/h16-17,20H,4-15H2,1-3H3. The lowest BCUT2D eigenvalue weighted by atomic mass is 9.87. The van der Waals surface area contributed by atoms with Gasteiger partial charge in [-0.05, 0) is 58.9 Å². The van der Waals surface area contributed by atoms with Gasteiger partial charge < -0.3 is 15.0 Å². The van der Waals surface area contributed by atoms with Crippen molar-refractivity contribution in [1.29, 1.82) is 0 Å². The summed E-state index contributed by atoms with van der Waals surface area (Å²) in [5, 5.41) is 3.60. The number of hydrogen-bond acceptors (Lipinski definition) is 3. The number of nitrogens with one attached hydrogen (secondary N) is 1. The summed E-state index contributed by atoms with van der Waals surface area (Å²) in [4.78, 5) is 14.3. The number of likely N-dealkylation sites (tertiary alicyclic amines) is 1. The van der Waals surface area contributed by atoms with Gasteiger partial charge in [-0.15, -0.1) is 0 Å². The molecule has 0 spiro atoms. The Hall–Kier alpha value is -0.770. The van der Waals surface area contributed by atoms with Gasteiger partial charge in [0.1, 0.15) is 5.60 Å². The van der Waals surface area contributed by atoms with Gasteiger partial charge in [-0.25, -0.2) is 4.79 Å². The minimum atomic E-state index is -0.409. The van der Waals surface area contributed by atoms with Crippen molar-refractivity contribution in [3.8, 4) is 0 Å². The quantitative estimate of drug-likeness (QED) is 0.765. The van der Waals surface area contributed by atoms with E-state index in [2.05, 4.69) is 5.32 Å². The van der Waals surface area contributed by atoms with Crippen LogP contribution in [-0.2, 0) is 4.74 Å². The number of carbonyl (C=O) groups is 1. The summed E-state index contributed by atoms with van der Waals surface area (Å²) in [5.41, 5.74) is -0.409. The van der Waals surface area contributed by atoms with Crippen molar-refractivity contribution in [1.82, 2.24) is 10.2 Å². The van der Waals surface area contributed by atoms with Gasteiger partial charge in [-0.1, -0.05) is 32.1 Å². The van der Waals surface area contributed by atoms with E-state index in [-0.39, 0.29) is 6.09 Å². The summed E-state index contributed by atoms with van der Waals surface area (Å²) in [6.45, 7) is 8.64. The summed E-state index contributed by atoms with van der Waals surface area (Å²) in [6, 6.07) is 0.296. The molecule has 134 valence electrons. The minimum Gasteiger partial charge on any atom is -0.444 e. The summed E-state index contributed by atoms with van der Waals surface area (Å²) in [6.07, 6.45) is 11.6. The zero-order chi connectivity index (χ0) is 16.7. The van der Waals surface area contributed by atoms with Gasteiger partial charge in [0.2, 0.25) is 0 Å². The monoisotopic (exact) mass is 324 g/mol. The number of hydrogen-bond donors (Lipinski definition) is 1. The van der Waals surface area contributed by atoms with Crippen LogP contribution in [0.15, 0.2) is 0 Å². The molecule has 1 amide bonds. The SMILES string of the molecule is CC(C)(C)OC(=O)N1CCCCC1CNCCC1CCCCC1. The molecular formula is C19H36N2O2. The maximum absolute atomic E-state index is 12.4. The molecule has 4 nitrogen and oxygen atoms in total. The van der Waals surface area contributed by atoms with E-state index >= 15 is 0 Å². The van der Waals surface area contributed by atoms with Gasteiger partial charge in [0.25, 0.3) is 0 Å². The van der Waals surface area contributed by atoms with Gasteiger partial charge in [0.15, 0.2) is 0 Å². The smallest absolute Gasteiger partial charge is 0.410 e. The highest BCUT2D eigenvalue weighted by Gasteiger charge is 2.30. The Morgan fingerprint density at radius 2 is 1.78 bits per heavy atom. The molecule has 4 heteroatoms. The largest absolute Gasteiger partial charge is 0.444 e. The average Bonchev–Trinajstić information content (AvgIpc) is 2.51. The summed E-state index contributed by atoms with van der Waals surface area (Å²) < 4.78 is 5.57. The third-order valence-corrected chi connectivity index (χ3v) is 5.09. The van der Waals surface area contributed by atoms with E-state index < -0.39 is 5.60 Å². The van der Waals surface area contributed by atoms with Crippen LogP contribution in [0.4, 0.5) is 4.79 Å². The Labute approximate surface area is 142 Å². The zero-order valence-corrected chi connectivity index (χ0v) is 15.4. The lowest BCUT2D eigenvalue weighted by Gasteiger charge is -2.37. The molecule has 0 bridgehead atoms. The Morgan fingerprint density at radius 3 is 2.48 bits per heavy atom. The maximum atomic E-state index is 12.4. The Balaban J connectivity index is 1.71. The predicted molar refractivity (Wildman–Crippen MR) is 94.6 cm³/mol.